The summed E-state index contributed by atoms with van der Waals surface area (Å²) >= 11 is 0. The van der Waals surface area contributed by atoms with E-state index in [1.54, 1.807) is 7.11 Å². The zero-order valence-corrected chi connectivity index (χ0v) is 11.9. The lowest BCUT2D eigenvalue weighted by Crippen LogP contribution is -2.30. The van der Waals surface area contributed by atoms with Crippen molar-refractivity contribution in [2.45, 2.75) is 32.7 Å². The fourth-order valence-corrected chi connectivity index (χ4v) is 2.03. The van der Waals surface area contributed by atoms with Crippen LogP contribution in [-0.2, 0) is 0 Å². The van der Waals surface area contributed by atoms with Crippen molar-refractivity contribution in [3.05, 3.63) is 24.3 Å². The SMILES string of the molecule is CNC(CCCOc1ccccc1OC)C(C)C. The molecular weight excluding hydrogens is 226 g/mol. The second-order valence-electron chi connectivity index (χ2n) is 4.78. The molecule has 1 aromatic rings. The van der Waals surface area contributed by atoms with Crippen molar-refractivity contribution in [1.82, 2.24) is 5.32 Å². The van der Waals surface area contributed by atoms with Crippen molar-refractivity contribution in [2.24, 2.45) is 5.92 Å². The average molecular weight is 251 g/mol. The highest BCUT2D eigenvalue weighted by molar-refractivity contribution is 5.39. The fourth-order valence-electron chi connectivity index (χ4n) is 2.03. The van der Waals surface area contributed by atoms with E-state index >= 15 is 0 Å². The number of ether oxygens (including phenoxy) is 2. The van der Waals surface area contributed by atoms with E-state index in [4.69, 9.17) is 9.47 Å². The molecule has 0 spiro atoms. The second kappa shape index (κ2) is 7.98. The zero-order valence-electron chi connectivity index (χ0n) is 11.9. The first-order chi connectivity index (χ1) is 8.69. The molecule has 0 saturated heterocycles. The molecule has 3 nitrogen and oxygen atoms in total. The monoisotopic (exact) mass is 251 g/mol. The second-order valence-corrected chi connectivity index (χ2v) is 4.78. The van der Waals surface area contributed by atoms with Gasteiger partial charge in [-0.15, -0.1) is 0 Å². The van der Waals surface area contributed by atoms with Crippen molar-refractivity contribution in [3.8, 4) is 11.5 Å². The maximum Gasteiger partial charge on any atom is 0.161 e. The smallest absolute Gasteiger partial charge is 0.161 e. The summed E-state index contributed by atoms with van der Waals surface area (Å²) in [5.74, 6) is 2.28. The van der Waals surface area contributed by atoms with Gasteiger partial charge in [0, 0.05) is 6.04 Å². The van der Waals surface area contributed by atoms with Crippen LogP contribution in [0.2, 0.25) is 0 Å². The topological polar surface area (TPSA) is 30.5 Å². The van der Waals surface area contributed by atoms with Crippen LogP contribution >= 0.6 is 0 Å². The van der Waals surface area contributed by atoms with Gasteiger partial charge in [0.15, 0.2) is 11.5 Å². The first-order valence-electron chi connectivity index (χ1n) is 6.62. The lowest BCUT2D eigenvalue weighted by molar-refractivity contribution is 0.271. The Balaban J connectivity index is 2.33. The van der Waals surface area contributed by atoms with Crippen LogP contribution in [0.5, 0.6) is 11.5 Å². The third-order valence-electron chi connectivity index (χ3n) is 3.16. The molecule has 102 valence electrons. The normalized spacial score (nSPS) is 12.5. The molecule has 1 N–H and O–H groups in total. The van der Waals surface area contributed by atoms with Gasteiger partial charge in [-0.05, 0) is 37.9 Å². The maximum absolute atomic E-state index is 5.75. The van der Waals surface area contributed by atoms with Crippen LogP contribution in [-0.4, -0.2) is 26.8 Å². The standard InChI is InChI=1S/C15H25NO2/c1-12(2)13(16-3)8-7-11-18-15-10-6-5-9-14(15)17-4/h5-6,9-10,12-13,16H,7-8,11H2,1-4H3. The first kappa shape index (κ1) is 14.8. The Morgan fingerprint density at radius 1 is 1.17 bits per heavy atom. The first-order valence-corrected chi connectivity index (χ1v) is 6.62. The van der Waals surface area contributed by atoms with E-state index in [9.17, 15) is 0 Å². The number of benzene rings is 1. The number of hydrogen-bond donors (Lipinski definition) is 1. The largest absolute Gasteiger partial charge is 0.493 e. The number of para-hydroxylation sites is 2. The highest BCUT2D eigenvalue weighted by Gasteiger charge is 2.10. The van der Waals surface area contributed by atoms with Crippen LogP contribution in [0.15, 0.2) is 24.3 Å². The van der Waals surface area contributed by atoms with E-state index in [2.05, 4.69) is 19.2 Å². The minimum absolute atomic E-state index is 0.561. The third-order valence-corrected chi connectivity index (χ3v) is 3.16. The van der Waals surface area contributed by atoms with Gasteiger partial charge in [0.25, 0.3) is 0 Å². The summed E-state index contributed by atoms with van der Waals surface area (Å²) in [5.41, 5.74) is 0. The Hall–Kier alpha value is -1.22. The Bertz CT molecular complexity index is 339. The van der Waals surface area contributed by atoms with Crippen molar-refractivity contribution >= 4 is 0 Å². The van der Waals surface area contributed by atoms with Crippen molar-refractivity contribution in [2.75, 3.05) is 20.8 Å². The van der Waals surface area contributed by atoms with Gasteiger partial charge >= 0.3 is 0 Å². The Kier molecular flexibility index (Phi) is 6.58. The van der Waals surface area contributed by atoms with Crippen LogP contribution in [0.3, 0.4) is 0 Å². The quantitative estimate of drug-likeness (QED) is 0.720. The molecule has 0 bridgehead atoms. The van der Waals surface area contributed by atoms with Crippen LogP contribution in [0.1, 0.15) is 26.7 Å². The van der Waals surface area contributed by atoms with Gasteiger partial charge in [-0.1, -0.05) is 26.0 Å². The predicted molar refractivity (Wildman–Crippen MR) is 75.4 cm³/mol. The minimum atomic E-state index is 0.561. The Morgan fingerprint density at radius 3 is 2.39 bits per heavy atom. The zero-order chi connectivity index (χ0) is 13.4. The van der Waals surface area contributed by atoms with E-state index < -0.39 is 0 Å². The minimum Gasteiger partial charge on any atom is -0.493 e. The van der Waals surface area contributed by atoms with E-state index in [-0.39, 0.29) is 0 Å². The third kappa shape index (κ3) is 4.57. The molecule has 0 aliphatic heterocycles. The van der Waals surface area contributed by atoms with Gasteiger partial charge in [0.05, 0.1) is 13.7 Å². The molecule has 0 heterocycles. The summed E-state index contributed by atoms with van der Waals surface area (Å²) in [6.45, 7) is 5.20. The fraction of sp³-hybridized carbons (Fsp3) is 0.600. The van der Waals surface area contributed by atoms with E-state index in [1.807, 2.05) is 31.3 Å². The van der Waals surface area contributed by atoms with Gasteiger partial charge in [-0.2, -0.15) is 0 Å². The molecule has 0 fully saturated rings. The summed E-state index contributed by atoms with van der Waals surface area (Å²) < 4.78 is 11.0. The lowest BCUT2D eigenvalue weighted by Gasteiger charge is -2.20. The molecule has 0 amide bonds. The molecular formula is C15H25NO2. The van der Waals surface area contributed by atoms with Crippen molar-refractivity contribution < 1.29 is 9.47 Å². The Morgan fingerprint density at radius 2 is 1.83 bits per heavy atom. The van der Waals surface area contributed by atoms with E-state index in [0.717, 1.165) is 30.9 Å². The molecule has 3 heteroatoms. The van der Waals surface area contributed by atoms with Crippen LogP contribution in [0.25, 0.3) is 0 Å². The summed E-state index contributed by atoms with van der Waals surface area (Å²) in [6, 6.07) is 8.33. The summed E-state index contributed by atoms with van der Waals surface area (Å²) in [5, 5.41) is 3.34. The molecule has 1 rings (SSSR count). The van der Waals surface area contributed by atoms with Gasteiger partial charge in [-0.25, -0.2) is 0 Å². The summed E-state index contributed by atoms with van der Waals surface area (Å²) in [6.07, 6.45) is 2.17. The molecule has 0 aromatic heterocycles. The number of rotatable bonds is 8. The molecule has 18 heavy (non-hydrogen) atoms. The van der Waals surface area contributed by atoms with Crippen LogP contribution < -0.4 is 14.8 Å². The molecule has 0 saturated carbocycles. The average Bonchev–Trinajstić information content (AvgIpc) is 2.38. The molecule has 1 unspecified atom stereocenters. The molecule has 1 aromatic carbocycles. The number of hydrogen-bond acceptors (Lipinski definition) is 3. The van der Waals surface area contributed by atoms with Crippen LogP contribution in [0, 0.1) is 5.92 Å². The predicted octanol–water partition coefficient (Wildman–Crippen LogP) is 3.10. The van der Waals surface area contributed by atoms with Crippen molar-refractivity contribution in [1.29, 1.82) is 0 Å². The number of nitrogens with one attached hydrogen (secondary N) is 1. The lowest BCUT2D eigenvalue weighted by atomic mass is 10.00. The highest BCUT2D eigenvalue weighted by Crippen LogP contribution is 2.25. The number of methoxy groups -OCH3 is 1. The maximum atomic E-state index is 5.75. The van der Waals surface area contributed by atoms with Crippen LogP contribution in [0.4, 0.5) is 0 Å². The van der Waals surface area contributed by atoms with E-state index in [1.165, 1.54) is 0 Å². The molecule has 0 radical (unpaired) electrons. The summed E-state index contributed by atoms with van der Waals surface area (Å²) in [7, 11) is 3.68. The Labute approximate surface area is 110 Å². The summed E-state index contributed by atoms with van der Waals surface area (Å²) in [4.78, 5) is 0. The van der Waals surface area contributed by atoms with Gasteiger partial charge < -0.3 is 14.8 Å². The highest BCUT2D eigenvalue weighted by atomic mass is 16.5. The van der Waals surface area contributed by atoms with Gasteiger partial charge in [0.1, 0.15) is 0 Å². The van der Waals surface area contributed by atoms with Gasteiger partial charge in [-0.3, -0.25) is 0 Å². The molecule has 1 atom stereocenters. The van der Waals surface area contributed by atoms with Gasteiger partial charge in [0.2, 0.25) is 0 Å². The molecule has 0 aliphatic rings. The van der Waals surface area contributed by atoms with Crippen molar-refractivity contribution in [3.63, 3.8) is 0 Å². The van der Waals surface area contributed by atoms with E-state index in [0.29, 0.717) is 12.0 Å². The molecule has 0 aliphatic carbocycles.